The molecule has 0 bridgehead atoms. The minimum atomic E-state index is -1.90. The number of hydrogen-bond donors (Lipinski definition) is 3. The van der Waals surface area contributed by atoms with Gasteiger partial charge >= 0.3 is 0 Å². The van der Waals surface area contributed by atoms with E-state index in [2.05, 4.69) is 20.9 Å². The van der Waals surface area contributed by atoms with Crippen LogP contribution in [0.2, 0.25) is 0 Å². The van der Waals surface area contributed by atoms with Crippen LogP contribution in [-0.2, 0) is 4.79 Å². The first-order chi connectivity index (χ1) is 13.0. The van der Waals surface area contributed by atoms with E-state index in [0.717, 1.165) is 16.8 Å². The summed E-state index contributed by atoms with van der Waals surface area (Å²) >= 11 is 0. The fraction of sp³-hybridized carbons (Fsp3) is 0.200. The Bertz CT molecular complexity index is 985. The lowest BCUT2D eigenvalue weighted by Gasteiger charge is -2.19. The van der Waals surface area contributed by atoms with Crippen LogP contribution in [0.25, 0.3) is 10.8 Å². The van der Waals surface area contributed by atoms with Crippen molar-refractivity contribution in [2.24, 2.45) is 0 Å². The fourth-order valence-corrected chi connectivity index (χ4v) is 3.19. The highest BCUT2D eigenvalue weighted by Gasteiger charge is 2.41. The molecule has 138 valence electrons. The van der Waals surface area contributed by atoms with E-state index in [1.807, 2.05) is 0 Å². The Morgan fingerprint density at radius 2 is 1.85 bits per heavy atom. The van der Waals surface area contributed by atoms with Crippen molar-refractivity contribution in [3.05, 3.63) is 60.7 Å². The number of pyridine rings is 1. The van der Waals surface area contributed by atoms with Crippen molar-refractivity contribution >= 4 is 33.7 Å². The van der Waals surface area contributed by atoms with E-state index in [-0.39, 0.29) is 18.8 Å². The van der Waals surface area contributed by atoms with Gasteiger partial charge < -0.3 is 16.0 Å². The second-order valence-corrected chi connectivity index (χ2v) is 6.56. The van der Waals surface area contributed by atoms with Crippen LogP contribution in [0.5, 0.6) is 0 Å². The molecule has 1 atom stereocenters. The van der Waals surface area contributed by atoms with Crippen LogP contribution >= 0.6 is 0 Å². The summed E-state index contributed by atoms with van der Waals surface area (Å²) in [5, 5.41) is 10.3. The smallest absolute Gasteiger partial charge is 0.263 e. The quantitative estimate of drug-likeness (QED) is 0.656. The maximum Gasteiger partial charge on any atom is 0.263 e. The molecule has 5 nitrogen and oxygen atoms in total. The largest absolute Gasteiger partial charge is 0.355 e. The fourth-order valence-electron chi connectivity index (χ4n) is 3.19. The van der Waals surface area contributed by atoms with Crippen molar-refractivity contribution in [3.8, 4) is 0 Å². The van der Waals surface area contributed by atoms with Crippen LogP contribution in [-0.4, -0.2) is 29.6 Å². The summed E-state index contributed by atoms with van der Waals surface area (Å²) in [4.78, 5) is 16.5. The first kappa shape index (κ1) is 17.4. The number of aromatic nitrogens is 1. The van der Waals surface area contributed by atoms with Gasteiger partial charge in [-0.05, 0) is 49.0 Å². The van der Waals surface area contributed by atoms with Gasteiger partial charge in [0, 0.05) is 47.5 Å². The number of halogens is 2. The van der Waals surface area contributed by atoms with Gasteiger partial charge in [-0.15, -0.1) is 0 Å². The van der Waals surface area contributed by atoms with Crippen molar-refractivity contribution in [2.75, 3.05) is 23.7 Å². The molecule has 2 heterocycles. The highest BCUT2D eigenvalue weighted by molar-refractivity contribution is 6.08. The zero-order chi connectivity index (χ0) is 18.9. The summed E-state index contributed by atoms with van der Waals surface area (Å²) in [5.74, 6) is -0.967. The molecule has 2 aromatic carbocycles. The van der Waals surface area contributed by atoms with Crippen LogP contribution in [0.3, 0.4) is 0 Å². The van der Waals surface area contributed by atoms with E-state index >= 15 is 0 Å². The third-order valence-electron chi connectivity index (χ3n) is 4.70. The molecule has 0 aliphatic carbocycles. The van der Waals surface area contributed by atoms with Crippen LogP contribution in [0.4, 0.5) is 25.8 Å². The molecule has 1 aliphatic rings. The van der Waals surface area contributed by atoms with E-state index in [0.29, 0.717) is 17.6 Å². The molecule has 3 N–H and O–H groups in total. The number of benzene rings is 2. The van der Waals surface area contributed by atoms with E-state index in [9.17, 15) is 13.6 Å². The molecule has 0 radical (unpaired) electrons. The van der Waals surface area contributed by atoms with Crippen molar-refractivity contribution in [2.45, 2.75) is 12.1 Å². The van der Waals surface area contributed by atoms with Crippen LogP contribution in [0, 0.1) is 5.82 Å². The van der Waals surface area contributed by atoms with Gasteiger partial charge in [-0.3, -0.25) is 9.78 Å². The number of hydrogen-bond acceptors (Lipinski definition) is 4. The summed E-state index contributed by atoms with van der Waals surface area (Å²) in [6.07, 6.45) is 3.42. The van der Waals surface area contributed by atoms with Crippen molar-refractivity contribution in [1.82, 2.24) is 10.3 Å². The molecule has 1 aromatic heterocycles. The van der Waals surface area contributed by atoms with Gasteiger partial charge in [0.05, 0.1) is 5.69 Å². The van der Waals surface area contributed by atoms with Gasteiger partial charge in [0.15, 0.2) is 0 Å². The Hall–Kier alpha value is -3.06. The molecule has 1 saturated heterocycles. The second kappa shape index (κ2) is 6.92. The van der Waals surface area contributed by atoms with Gasteiger partial charge in [-0.1, -0.05) is 0 Å². The molecule has 0 spiro atoms. The molecule has 1 amide bonds. The molecule has 3 aromatic rings. The molecule has 4 rings (SSSR count). The molecule has 7 heteroatoms. The van der Waals surface area contributed by atoms with Gasteiger partial charge in [-0.25, -0.2) is 8.78 Å². The Balaban J connectivity index is 1.66. The Labute approximate surface area is 154 Å². The Morgan fingerprint density at radius 1 is 1.07 bits per heavy atom. The zero-order valence-electron chi connectivity index (χ0n) is 14.4. The van der Waals surface area contributed by atoms with Crippen molar-refractivity contribution < 1.29 is 13.6 Å². The SMILES string of the molecule is O=C(Nc1ccc(Nc2ccc(F)cc2)c2ccncc12)C1(F)CCNC1. The van der Waals surface area contributed by atoms with Crippen LogP contribution in [0.15, 0.2) is 54.9 Å². The predicted octanol–water partition coefficient (Wildman–Crippen LogP) is 3.76. The molecule has 0 saturated carbocycles. The zero-order valence-corrected chi connectivity index (χ0v) is 14.4. The van der Waals surface area contributed by atoms with Gasteiger partial charge in [0.1, 0.15) is 5.82 Å². The second-order valence-electron chi connectivity index (χ2n) is 6.56. The normalized spacial score (nSPS) is 19.2. The Morgan fingerprint density at radius 3 is 2.59 bits per heavy atom. The number of carbonyl (C=O) groups excluding carboxylic acids is 1. The number of nitrogens with zero attached hydrogens (tertiary/aromatic N) is 1. The third kappa shape index (κ3) is 3.46. The predicted molar refractivity (Wildman–Crippen MR) is 101 cm³/mol. The van der Waals surface area contributed by atoms with Gasteiger partial charge in [-0.2, -0.15) is 0 Å². The summed E-state index contributed by atoms with van der Waals surface area (Å²) < 4.78 is 27.8. The number of anilines is 3. The lowest BCUT2D eigenvalue weighted by atomic mass is 10.0. The number of nitrogens with one attached hydrogen (secondary N) is 3. The molecule has 1 fully saturated rings. The Kier molecular flexibility index (Phi) is 4.45. The average molecular weight is 368 g/mol. The lowest BCUT2D eigenvalue weighted by Crippen LogP contribution is -2.40. The number of alkyl halides is 1. The maximum atomic E-state index is 14.7. The maximum absolute atomic E-state index is 14.7. The third-order valence-corrected chi connectivity index (χ3v) is 4.70. The minimum absolute atomic E-state index is 0.0131. The molecular formula is C20H18F2N4O. The van der Waals surface area contributed by atoms with Crippen molar-refractivity contribution in [3.63, 3.8) is 0 Å². The molecule has 1 unspecified atom stereocenters. The highest BCUT2D eigenvalue weighted by Crippen LogP contribution is 2.32. The van der Waals surface area contributed by atoms with Crippen LogP contribution < -0.4 is 16.0 Å². The van der Waals surface area contributed by atoms with E-state index in [1.165, 1.54) is 12.1 Å². The first-order valence-corrected chi connectivity index (χ1v) is 8.66. The molecule has 1 aliphatic heterocycles. The lowest BCUT2D eigenvalue weighted by molar-refractivity contribution is -0.126. The number of amides is 1. The summed E-state index contributed by atoms with van der Waals surface area (Å²) in [7, 11) is 0. The average Bonchev–Trinajstić information content (AvgIpc) is 3.13. The number of carbonyl (C=O) groups is 1. The first-order valence-electron chi connectivity index (χ1n) is 8.66. The van der Waals surface area contributed by atoms with Crippen LogP contribution in [0.1, 0.15) is 6.42 Å². The van der Waals surface area contributed by atoms with Gasteiger partial charge in [0.2, 0.25) is 5.67 Å². The minimum Gasteiger partial charge on any atom is -0.355 e. The topological polar surface area (TPSA) is 66.0 Å². The monoisotopic (exact) mass is 368 g/mol. The summed E-state index contributed by atoms with van der Waals surface area (Å²) in [6, 6.07) is 11.3. The van der Waals surface area contributed by atoms with Gasteiger partial charge in [0.25, 0.3) is 5.91 Å². The number of rotatable bonds is 4. The highest BCUT2D eigenvalue weighted by atomic mass is 19.1. The van der Waals surface area contributed by atoms with E-state index in [1.54, 1.807) is 42.7 Å². The summed E-state index contributed by atoms with van der Waals surface area (Å²) in [6.45, 7) is 0.492. The van der Waals surface area contributed by atoms with Crippen molar-refractivity contribution in [1.29, 1.82) is 0 Å². The molecular weight excluding hydrogens is 350 g/mol. The van der Waals surface area contributed by atoms with E-state index < -0.39 is 11.6 Å². The molecule has 27 heavy (non-hydrogen) atoms. The van der Waals surface area contributed by atoms with E-state index in [4.69, 9.17) is 0 Å². The summed E-state index contributed by atoms with van der Waals surface area (Å²) in [5.41, 5.74) is 0.0942. The number of fused-ring (bicyclic) bond motifs is 1. The standard InChI is InChI=1S/C20H18F2N4O/c21-13-1-3-14(4-2-13)25-17-5-6-18(16-11-23-9-7-15(16)17)26-19(27)20(22)8-10-24-12-20/h1-7,9,11,24-25H,8,10,12H2,(H,26,27).